The van der Waals surface area contributed by atoms with E-state index in [4.69, 9.17) is 4.74 Å². The number of nitrogens with zero attached hydrogens (tertiary/aromatic N) is 3. The van der Waals surface area contributed by atoms with Gasteiger partial charge in [0.1, 0.15) is 12.4 Å². The number of anilines is 2. The molecular weight excluding hydrogens is 377 g/mol. The quantitative estimate of drug-likeness (QED) is 0.826. The minimum absolute atomic E-state index is 0.0585. The van der Waals surface area contributed by atoms with Crippen LogP contribution < -0.4 is 10.6 Å². The van der Waals surface area contributed by atoms with E-state index in [-0.39, 0.29) is 17.8 Å². The molecular formula is C20H22FN5O3. The molecule has 9 heteroatoms. The van der Waals surface area contributed by atoms with E-state index in [2.05, 4.69) is 20.5 Å². The summed E-state index contributed by atoms with van der Waals surface area (Å²) in [5.41, 5.74) is 2.34. The maximum absolute atomic E-state index is 14.2. The Hall–Kier alpha value is -3.20. The van der Waals surface area contributed by atoms with Crippen LogP contribution in [-0.4, -0.2) is 59.2 Å². The van der Waals surface area contributed by atoms with Crippen LogP contribution in [0.4, 0.5) is 25.4 Å². The maximum atomic E-state index is 14.2. The number of cyclic esters (lactones) is 1. The van der Waals surface area contributed by atoms with E-state index in [0.717, 1.165) is 11.3 Å². The number of carbonyl (C=O) groups excluding carboxylic acids is 2. The second-order valence-corrected chi connectivity index (χ2v) is 7.24. The fourth-order valence-electron chi connectivity index (χ4n) is 3.55. The molecule has 1 aromatic heterocycles. The van der Waals surface area contributed by atoms with Crippen LogP contribution in [0.2, 0.25) is 0 Å². The minimum Gasteiger partial charge on any atom is -0.447 e. The third-order valence-electron chi connectivity index (χ3n) is 5.05. The summed E-state index contributed by atoms with van der Waals surface area (Å²) >= 11 is 0. The Labute approximate surface area is 167 Å². The number of aryl methyl sites for hydroxylation is 1. The number of urea groups is 1. The number of hydrogen-bond acceptors (Lipinski definition) is 5. The lowest BCUT2D eigenvalue weighted by molar-refractivity contribution is 0.115. The third-order valence-corrected chi connectivity index (χ3v) is 5.05. The number of carbonyl (C=O) groups is 2. The number of ether oxygens (including phenoxy) is 1. The van der Waals surface area contributed by atoms with Crippen molar-refractivity contribution < 1.29 is 18.7 Å². The van der Waals surface area contributed by atoms with Crippen molar-refractivity contribution in [2.24, 2.45) is 0 Å². The average Bonchev–Trinajstić information content (AvgIpc) is 3.06. The van der Waals surface area contributed by atoms with Crippen molar-refractivity contribution in [2.75, 3.05) is 36.9 Å². The zero-order valence-corrected chi connectivity index (χ0v) is 16.0. The van der Waals surface area contributed by atoms with Gasteiger partial charge in [0.25, 0.3) is 0 Å². The number of benzene rings is 1. The molecule has 0 bridgehead atoms. The Bertz CT molecular complexity index is 921. The second kappa shape index (κ2) is 8.04. The first-order valence-corrected chi connectivity index (χ1v) is 9.43. The third kappa shape index (κ3) is 4.45. The lowest BCUT2D eigenvalue weighted by Crippen LogP contribution is -2.51. The minimum atomic E-state index is -0.540. The highest BCUT2D eigenvalue weighted by Gasteiger charge is 2.37. The summed E-state index contributed by atoms with van der Waals surface area (Å²) in [6.45, 7) is 4.88. The topological polar surface area (TPSA) is 86.8 Å². The normalized spacial score (nSPS) is 18.9. The molecule has 1 atom stereocenters. The zero-order valence-electron chi connectivity index (χ0n) is 16.0. The Balaban J connectivity index is 1.38. The Kier molecular flexibility index (Phi) is 5.30. The van der Waals surface area contributed by atoms with E-state index < -0.39 is 11.8 Å². The second-order valence-electron chi connectivity index (χ2n) is 7.24. The molecule has 2 fully saturated rings. The molecule has 3 amide bonds. The summed E-state index contributed by atoms with van der Waals surface area (Å²) < 4.78 is 19.3. The summed E-state index contributed by atoms with van der Waals surface area (Å²) in [5, 5.41) is 5.18. The molecule has 3 heterocycles. The van der Waals surface area contributed by atoms with Gasteiger partial charge in [-0.2, -0.15) is 0 Å². The van der Waals surface area contributed by atoms with E-state index in [1.54, 1.807) is 35.4 Å². The molecule has 2 aliphatic rings. The molecule has 8 nitrogen and oxygen atoms in total. The first-order valence-electron chi connectivity index (χ1n) is 9.43. The highest BCUT2D eigenvalue weighted by Crippen LogP contribution is 2.22. The summed E-state index contributed by atoms with van der Waals surface area (Å²) in [6, 6.07) is 7.70. The number of nitrogens with one attached hydrogen (secondary N) is 2. The number of fused-ring (bicyclic) bond motifs is 1. The van der Waals surface area contributed by atoms with Crippen molar-refractivity contribution in [3.8, 4) is 0 Å². The number of halogens is 1. The monoisotopic (exact) mass is 399 g/mol. The van der Waals surface area contributed by atoms with Crippen LogP contribution in [0.15, 0.2) is 36.5 Å². The van der Waals surface area contributed by atoms with Gasteiger partial charge in [-0.1, -0.05) is 6.07 Å². The van der Waals surface area contributed by atoms with Gasteiger partial charge in [0, 0.05) is 31.9 Å². The van der Waals surface area contributed by atoms with Gasteiger partial charge in [-0.25, -0.2) is 14.0 Å². The fourth-order valence-corrected chi connectivity index (χ4v) is 3.55. The van der Waals surface area contributed by atoms with Crippen LogP contribution >= 0.6 is 0 Å². The summed E-state index contributed by atoms with van der Waals surface area (Å²) in [4.78, 5) is 31.8. The smallest absolute Gasteiger partial charge is 0.410 e. The predicted molar refractivity (Wildman–Crippen MR) is 105 cm³/mol. The number of amides is 3. The zero-order chi connectivity index (χ0) is 20.4. The molecule has 0 aliphatic carbocycles. The van der Waals surface area contributed by atoms with Gasteiger partial charge >= 0.3 is 12.1 Å². The maximum Gasteiger partial charge on any atom is 0.410 e. The first kappa shape index (κ1) is 19.1. The number of aromatic nitrogens is 1. The highest BCUT2D eigenvalue weighted by atomic mass is 19.1. The van der Waals surface area contributed by atoms with E-state index >= 15 is 0 Å². The summed E-state index contributed by atoms with van der Waals surface area (Å²) in [6.07, 6.45) is 1.29. The predicted octanol–water partition coefficient (Wildman–Crippen LogP) is 2.81. The van der Waals surface area contributed by atoms with Crippen molar-refractivity contribution in [2.45, 2.75) is 19.5 Å². The van der Waals surface area contributed by atoms with Crippen molar-refractivity contribution >= 4 is 23.5 Å². The number of hydrogen-bond donors (Lipinski definition) is 2. The molecule has 2 aromatic rings. The van der Waals surface area contributed by atoms with Crippen LogP contribution in [0.1, 0.15) is 11.3 Å². The van der Waals surface area contributed by atoms with Crippen molar-refractivity contribution in [3.63, 3.8) is 0 Å². The van der Waals surface area contributed by atoms with E-state index in [1.165, 1.54) is 6.07 Å². The lowest BCUT2D eigenvalue weighted by atomic mass is 10.1. The molecule has 2 aliphatic heterocycles. The average molecular weight is 399 g/mol. The SMILES string of the molecule is Cc1ccc(NC(=O)Nc2cc(CN3CCN4C(=O)OC[C@H]4C3)ccc2F)cn1. The molecule has 4 rings (SSSR count). The van der Waals surface area contributed by atoms with Crippen LogP contribution in [0.5, 0.6) is 0 Å². The first-order chi connectivity index (χ1) is 14.0. The van der Waals surface area contributed by atoms with E-state index in [1.807, 2.05) is 6.92 Å². The molecule has 29 heavy (non-hydrogen) atoms. The van der Waals surface area contributed by atoms with Gasteiger partial charge in [-0.3, -0.25) is 14.8 Å². The lowest BCUT2D eigenvalue weighted by Gasteiger charge is -2.35. The number of piperazine rings is 1. The molecule has 0 radical (unpaired) electrons. The van der Waals surface area contributed by atoms with Gasteiger partial charge in [0.2, 0.25) is 0 Å². The molecule has 0 unspecified atom stereocenters. The molecule has 2 saturated heterocycles. The molecule has 152 valence electrons. The molecule has 0 spiro atoms. The summed E-state index contributed by atoms with van der Waals surface area (Å²) in [7, 11) is 0. The van der Waals surface area contributed by atoms with Crippen molar-refractivity contribution in [1.82, 2.24) is 14.8 Å². The molecule has 0 saturated carbocycles. The van der Waals surface area contributed by atoms with Gasteiger partial charge < -0.3 is 15.4 Å². The van der Waals surface area contributed by atoms with Gasteiger partial charge in [0.15, 0.2) is 0 Å². The van der Waals surface area contributed by atoms with Gasteiger partial charge in [0.05, 0.1) is 23.6 Å². The highest BCUT2D eigenvalue weighted by molar-refractivity contribution is 5.99. The van der Waals surface area contributed by atoms with Crippen LogP contribution in [-0.2, 0) is 11.3 Å². The van der Waals surface area contributed by atoms with Crippen LogP contribution in [0.25, 0.3) is 0 Å². The number of pyridine rings is 1. The molecule has 2 N–H and O–H groups in total. The Morgan fingerprint density at radius 2 is 2.14 bits per heavy atom. The Morgan fingerprint density at radius 1 is 1.28 bits per heavy atom. The van der Waals surface area contributed by atoms with Gasteiger partial charge in [-0.15, -0.1) is 0 Å². The standard InChI is InChI=1S/C20H22FN5O3/c1-13-2-4-15(9-22-13)23-19(27)24-18-8-14(3-5-17(18)21)10-25-6-7-26-16(11-25)12-29-20(26)28/h2-5,8-9,16H,6-7,10-12H2,1H3,(H2,23,24,27)/t16-/m1/s1. The van der Waals surface area contributed by atoms with Crippen LogP contribution in [0, 0.1) is 12.7 Å². The number of rotatable bonds is 4. The van der Waals surface area contributed by atoms with Crippen molar-refractivity contribution in [3.05, 3.63) is 53.6 Å². The summed E-state index contributed by atoms with van der Waals surface area (Å²) in [5.74, 6) is -0.509. The van der Waals surface area contributed by atoms with Gasteiger partial charge in [-0.05, 0) is 36.8 Å². The van der Waals surface area contributed by atoms with E-state index in [9.17, 15) is 14.0 Å². The fraction of sp³-hybridized carbons (Fsp3) is 0.350. The van der Waals surface area contributed by atoms with E-state index in [0.29, 0.717) is 38.5 Å². The van der Waals surface area contributed by atoms with Crippen LogP contribution in [0.3, 0.4) is 0 Å². The molecule has 1 aromatic carbocycles. The van der Waals surface area contributed by atoms with Crippen molar-refractivity contribution in [1.29, 1.82) is 0 Å². The largest absolute Gasteiger partial charge is 0.447 e. The Morgan fingerprint density at radius 3 is 2.93 bits per heavy atom.